The van der Waals surface area contributed by atoms with E-state index in [1.165, 1.54) is 28.4 Å². The van der Waals surface area contributed by atoms with E-state index in [0.29, 0.717) is 27.7 Å². The van der Waals surface area contributed by atoms with E-state index in [0.717, 1.165) is 0 Å². The second-order valence-corrected chi connectivity index (χ2v) is 6.40. The SMILES string of the molecule is COC(=O)C1=C(C(=O)OC)C2(c3ccc(OC)c(OC)c3)OC1C(C)=C2Cl. The number of halogens is 1. The van der Waals surface area contributed by atoms with Gasteiger partial charge in [0.05, 0.1) is 44.6 Å². The summed E-state index contributed by atoms with van der Waals surface area (Å²) in [5.74, 6) is -0.474. The number of rotatable bonds is 5. The van der Waals surface area contributed by atoms with Crippen LogP contribution in [0.25, 0.3) is 0 Å². The molecule has 2 atom stereocenters. The van der Waals surface area contributed by atoms with Gasteiger partial charge in [0.25, 0.3) is 0 Å². The average molecular weight is 395 g/mol. The number of hydrogen-bond donors (Lipinski definition) is 0. The fraction of sp³-hybridized carbons (Fsp3) is 0.368. The maximum absolute atomic E-state index is 12.6. The van der Waals surface area contributed by atoms with Crippen molar-refractivity contribution in [3.05, 3.63) is 45.5 Å². The zero-order chi connectivity index (χ0) is 19.9. The molecule has 2 bridgehead atoms. The predicted molar refractivity (Wildman–Crippen MR) is 95.7 cm³/mol. The van der Waals surface area contributed by atoms with E-state index in [1.54, 1.807) is 25.1 Å². The number of carbonyl (C=O) groups is 2. The molecule has 0 saturated heterocycles. The number of carbonyl (C=O) groups excluding carboxylic acids is 2. The van der Waals surface area contributed by atoms with Gasteiger partial charge >= 0.3 is 11.9 Å². The van der Waals surface area contributed by atoms with Crippen LogP contribution in [0, 0.1) is 0 Å². The average Bonchev–Trinajstić information content (AvgIpc) is 3.18. The van der Waals surface area contributed by atoms with Gasteiger partial charge in [0.1, 0.15) is 6.10 Å². The van der Waals surface area contributed by atoms with Gasteiger partial charge < -0.3 is 23.7 Å². The quantitative estimate of drug-likeness (QED) is 0.709. The number of methoxy groups -OCH3 is 4. The molecule has 2 aliphatic heterocycles. The Morgan fingerprint density at radius 2 is 1.67 bits per heavy atom. The Hall–Kier alpha value is -2.51. The van der Waals surface area contributed by atoms with Gasteiger partial charge in [-0.3, -0.25) is 0 Å². The van der Waals surface area contributed by atoms with E-state index in [4.69, 9.17) is 35.3 Å². The maximum Gasteiger partial charge on any atom is 0.338 e. The number of esters is 2. The fourth-order valence-electron chi connectivity index (χ4n) is 3.54. The highest BCUT2D eigenvalue weighted by molar-refractivity contribution is 6.33. The summed E-state index contributed by atoms with van der Waals surface area (Å²) in [5.41, 5.74) is -0.261. The first-order valence-corrected chi connectivity index (χ1v) is 8.43. The molecule has 7 nitrogen and oxygen atoms in total. The van der Waals surface area contributed by atoms with Crippen molar-refractivity contribution in [1.29, 1.82) is 0 Å². The van der Waals surface area contributed by atoms with Crippen LogP contribution in [-0.2, 0) is 29.4 Å². The van der Waals surface area contributed by atoms with Crippen molar-refractivity contribution in [1.82, 2.24) is 0 Å². The second-order valence-electron chi connectivity index (χ2n) is 6.02. The van der Waals surface area contributed by atoms with Crippen molar-refractivity contribution >= 4 is 23.5 Å². The van der Waals surface area contributed by atoms with Crippen molar-refractivity contribution < 1.29 is 33.3 Å². The van der Waals surface area contributed by atoms with Gasteiger partial charge in [-0.1, -0.05) is 17.7 Å². The van der Waals surface area contributed by atoms with Gasteiger partial charge in [-0.2, -0.15) is 0 Å². The molecule has 27 heavy (non-hydrogen) atoms. The summed E-state index contributed by atoms with van der Waals surface area (Å²) in [4.78, 5) is 25.0. The third kappa shape index (κ3) is 2.53. The Morgan fingerprint density at radius 3 is 2.22 bits per heavy atom. The largest absolute Gasteiger partial charge is 0.493 e. The van der Waals surface area contributed by atoms with Crippen LogP contribution in [0.1, 0.15) is 12.5 Å². The van der Waals surface area contributed by atoms with Crippen molar-refractivity contribution in [2.45, 2.75) is 18.6 Å². The first kappa shape index (κ1) is 19.3. The van der Waals surface area contributed by atoms with Crippen molar-refractivity contribution in [2.24, 2.45) is 0 Å². The summed E-state index contributed by atoms with van der Waals surface area (Å²) >= 11 is 6.62. The van der Waals surface area contributed by atoms with Gasteiger partial charge in [0, 0.05) is 0 Å². The highest BCUT2D eigenvalue weighted by Crippen LogP contribution is 2.59. The van der Waals surface area contributed by atoms with E-state index in [1.807, 2.05) is 0 Å². The number of ether oxygens (including phenoxy) is 5. The molecule has 1 aromatic rings. The van der Waals surface area contributed by atoms with Crippen LogP contribution in [-0.4, -0.2) is 46.5 Å². The van der Waals surface area contributed by atoms with Crippen LogP contribution >= 0.6 is 11.6 Å². The summed E-state index contributed by atoms with van der Waals surface area (Å²) in [6, 6.07) is 5.02. The lowest BCUT2D eigenvalue weighted by Crippen LogP contribution is -2.33. The van der Waals surface area contributed by atoms with Crippen LogP contribution in [0.4, 0.5) is 0 Å². The lowest BCUT2D eigenvalue weighted by molar-refractivity contribution is -0.139. The maximum atomic E-state index is 12.6. The minimum absolute atomic E-state index is 0.00432. The molecule has 2 heterocycles. The number of benzene rings is 1. The molecule has 1 aromatic carbocycles. The molecule has 0 amide bonds. The Morgan fingerprint density at radius 1 is 1.04 bits per heavy atom. The van der Waals surface area contributed by atoms with Gasteiger partial charge in [-0.05, 0) is 30.2 Å². The Labute approximate surface area is 161 Å². The monoisotopic (exact) mass is 394 g/mol. The topological polar surface area (TPSA) is 80.3 Å². The van der Waals surface area contributed by atoms with E-state index in [-0.39, 0.29) is 11.1 Å². The summed E-state index contributed by atoms with van der Waals surface area (Å²) in [7, 11) is 5.47. The first-order valence-electron chi connectivity index (χ1n) is 8.05. The molecule has 144 valence electrons. The molecule has 3 rings (SSSR count). The van der Waals surface area contributed by atoms with Crippen LogP contribution in [0.15, 0.2) is 40.0 Å². The van der Waals surface area contributed by atoms with Crippen LogP contribution in [0.2, 0.25) is 0 Å². The van der Waals surface area contributed by atoms with E-state index in [9.17, 15) is 9.59 Å². The molecule has 2 aliphatic rings. The third-order valence-corrected chi connectivity index (χ3v) is 5.38. The molecule has 8 heteroatoms. The summed E-state index contributed by atoms with van der Waals surface area (Å²) < 4.78 is 26.5. The highest BCUT2D eigenvalue weighted by Gasteiger charge is 2.61. The lowest BCUT2D eigenvalue weighted by Gasteiger charge is -2.29. The van der Waals surface area contributed by atoms with Gasteiger partial charge in [0.2, 0.25) is 0 Å². The lowest BCUT2D eigenvalue weighted by atomic mass is 9.79. The van der Waals surface area contributed by atoms with Crippen LogP contribution in [0.5, 0.6) is 11.5 Å². The molecule has 0 aliphatic carbocycles. The molecular formula is C19H19ClO7. The summed E-state index contributed by atoms with van der Waals surface area (Å²) in [6.45, 7) is 1.74. The molecule has 0 spiro atoms. The Balaban J connectivity index is 2.31. The van der Waals surface area contributed by atoms with Gasteiger partial charge in [0.15, 0.2) is 17.1 Å². The normalized spacial score (nSPS) is 23.6. The Bertz CT molecular complexity index is 886. The van der Waals surface area contributed by atoms with Crippen molar-refractivity contribution in [3.63, 3.8) is 0 Å². The zero-order valence-electron chi connectivity index (χ0n) is 15.5. The third-order valence-electron chi connectivity index (χ3n) is 4.81. The highest BCUT2D eigenvalue weighted by atomic mass is 35.5. The van der Waals surface area contributed by atoms with Crippen molar-refractivity contribution in [2.75, 3.05) is 28.4 Å². The van der Waals surface area contributed by atoms with Gasteiger partial charge in [-0.25, -0.2) is 9.59 Å². The molecule has 0 N–H and O–H groups in total. The van der Waals surface area contributed by atoms with Crippen molar-refractivity contribution in [3.8, 4) is 11.5 Å². The second kappa shape index (κ2) is 6.90. The molecule has 0 aromatic heterocycles. The standard InChI is InChI=1S/C19H19ClO7/c1-9-15-13(17(21)25-4)14(18(22)26-5)19(27-15,16(9)20)10-6-7-11(23-2)12(8-10)24-3/h6-8,15H,1-5H3. The molecule has 0 fully saturated rings. The zero-order valence-corrected chi connectivity index (χ0v) is 16.3. The molecule has 0 radical (unpaired) electrons. The van der Waals surface area contributed by atoms with Gasteiger partial charge in [-0.15, -0.1) is 0 Å². The van der Waals surface area contributed by atoms with Crippen LogP contribution in [0.3, 0.4) is 0 Å². The molecular weight excluding hydrogens is 376 g/mol. The predicted octanol–water partition coefficient (Wildman–Crippen LogP) is 2.47. The summed E-state index contributed by atoms with van der Waals surface area (Å²) in [5, 5.41) is 0.299. The Kier molecular flexibility index (Phi) is 4.92. The first-order chi connectivity index (χ1) is 12.9. The number of hydrogen-bond acceptors (Lipinski definition) is 7. The smallest absolute Gasteiger partial charge is 0.338 e. The van der Waals surface area contributed by atoms with Crippen LogP contribution < -0.4 is 9.47 Å². The number of fused-ring (bicyclic) bond motifs is 2. The fourth-order valence-corrected chi connectivity index (χ4v) is 3.89. The van der Waals surface area contributed by atoms with E-state index in [2.05, 4.69) is 0 Å². The van der Waals surface area contributed by atoms with E-state index >= 15 is 0 Å². The summed E-state index contributed by atoms with van der Waals surface area (Å²) in [6.07, 6.45) is -0.799. The minimum Gasteiger partial charge on any atom is -0.493 e. The molecule has 2 unspecified atom stereocenters. The minimum atomic E-state index is -1.48. The van der Waals surface area contributed by atoms with E-state index < -0.39 is 23.6 Å². The molecule has 0 saturated carbocycles.